The molecule has 3 aromatic rings. The molecular formula is C18H21N7S. The second-order valence-electron chi connectivity index (χ2n) is 6.53. The molecule has 4 heterocycles. The van der Waals surface area contributed by atoms with E-state index in [1.807, 2.05) is 17.8 Å². The van der Waals surface area contributed by atoms with Gasteiger partial charge in [-0.25, -0.2) is 15.0 Å². The fraction of sp³-hybridized carbons (Fsp3) is 0.389. The number of hydrogen-bond donors (Lipinski definition) is 1. The molecular weight excluding hydrogens is 346 g/mol. The summed E-state index contributed by atoms with van der Waals surface area (Å²) in [5.74, 6) is 2.06. The van der Waals surface area contributed by atoms with Crippen molar-refractivity contribution in [3.8, 4) is 0 Å². The van der Waals surface area contributed by atoms with Crippen LogP contribution < -0.4 is 5.32 Å². The molecule has 0 bridgehead atoms. The van der Waals surface area contributed by atoms with Crippen LogP contribution >= 0.6 is 11.3 Å². The van der Waals surface area contributed by atoms with Crippen molar-refractivity contribution < 1.29 is 0 Å². The highest BCUT2D eigenvalue weighted by Gasteiger charge is 2.21. The van der Waals surface area contributed by atoms with Crippen LogP contribution in [0.3, 0.4) is 0 Å². The van der Waals surface area contributed by atoms with E-state index >= 15 is 0 Å². The van der Waals surface area contributed by atoms with E-state index < -0.39 is 0 Å². The Labute approximate surface area is 156 Å². The standard InChI is InChI=1S/C18H21N7S/c1-2-14(10-25(5-1)11-16-8-20-13-26-16)6-15-7-17(23-12-22-15)24-18-9-19-3-4-21-18/h3-4,7-9,12-14H,1-2,5-6,10-11H2,(H,21,22,23,24)/t14-/m0/s1. The van der Waals surface area contributed by atoms with Gasteiger partial charge in [0.05, 0.1) is 11.7 Å². The largest absolute Gasteiger partial charge is 0.324 e. The van der Waals surface area contributed by atoms with Gasteiger partial charge in [-0.2, -0.15) is 0 Å². The van der Waals surface area contributed by atoms with Gasteiger partial charge in [0, 0.05) is 48.3 Å². The van der Waals surface area contributed by atoms with E-state index in [9.17, 15) is 0 Å². The second kappa shape index (κ2) is 8.29. The van der Waals surface area contributed by atoms with Gasteiger partial charge in [0.1, 0.15) is 18.0 Å². The van der Waals surface area contributed by atoms with Gasteiger partial charge in [0.15, 0.2) is 0 Å². The summed E-state index contributed by atoms with van der Waals surface area (Å²) in [5.41, 5.74) is 2.97. The Balaban J connectivity index is 1.36. The second-order valence-corrected chi connectivity index (χ2v) is 7.50. The van der Waals surface area contributed by atoms with Gasteiger partial charge in [-0.05, 0) is 31.7 Å². The van der Waals surface area contributed by atoms with Crippen LogP contribution in [0.25, 0.3) is 0 Å². The number of aromatic nitrogens is 5. The Hall–Kier alpha value is -2.45. The predicted molar refractivity (Wildman–Crippen MR) is 101 cm³/mol. The molecule has 0 aliphatic carbocycles. The van der Waals surface area contributed by atoms with E-state index in [2.05, 4.69) is 35.1 Å². The molecule has 7 nitrogen and oxygen atoms in total. The maximum atomic E-state index is 4.46. The topological polar surface area (TPSA) is 79.7 Å². The first-order valence-corrected chi connectivity index (χ1v) is 9.67. The highest BCUT2D eigenvalue weighted by atomic mass is 32.1. The minimum Gasteiger partial charge on any atom is -0.324 e. The molecule has 3 aromatic heterocycles. The quantitative estimate of drug-likeness (QED) is 0.717. The molecule has 0 saturated carbocycles. The van der Waals surface area contributed by atoms with Crippen LogP contribution in [0.1, 0.15) is 23.4 Å². The molecule has 1 saturated heterocycles. The molecule has 0 unspecified atom stereocenters. The van der Waals surface area contributed by atoms with Crippen molar-refractivity contribution in [2.24, 2.45) is 5.92 Å². The maximum Gasteiger partial charge on any atom is 0.150 e. The smallest absolute Gasteiger partial charge is 0.150 e. The Kier molecular flexibility index (Phi) is 5.41. The summed E-state index contributed by atoms with van der Waals surface area (Å²) in [6.45, 7) is 3.27. The monoisotopic (exact) mass is 367 g/mol. The number of anilines is 2. The Morgan fingerprint density at radius 1 is 1.12 bits per heavy atom. The number of rotatable bonds is 6. The van der Waals surface area contributed by atoms with Gasteiger partial charge < -0.3 is 5.32 Å². The minimum absolute atomic E-state index is 0.621. The van der Waals surface area contributed by atoms with E-state index in [0.29, 0.717) is 11.7 Å². The van der Waals surface area contributed by atoms with Crippen molar-refractivity contribution in [1.29, 1.82) is 0 Å². The van der Waals surface area contributed by atoms with Crippen LogP contribution in [0.5, 0.6) is 0 Å². The molecule has 134 valence electrons. The predicted octanol–water partition coefficient (Wildman–Crippen LogP) is 2.92. The molecule has 1 aliphatic rings. The van der Waals surface area contributed by atoms with Gasteiger partial charge in [-0.15, -0.1) is 11.3 Å². The van der Waals surface area contributed by atoms with Crippen LogP contribution in [0.15, 0.2) is 42.7 Å². The van der Waals surface area contributed by atoms with Gasteiger partial charge in [-0.3, -0.25) is 14.9 Å². The van der Waals surface area contributed by atoms with E-state index in [-0.39, 0.29) is 0 Å². The highest BCUT2D eigenvalue weighted by Crippen LogP contribution is 2.23. The Bertz CT molecular complexity index is 809. The molecule has 0 radical (unpaired) electrons. The van der Waals surface area contributed by atoms with Crippen LogP contribution in [0, 0.1) is 5.92 Å². The number of nitrogens with zero attached hydrogens (tertiary/aromatic N) is 6. The summed E-state index contributed by atoms with van der Waals surface area (Å²) >= 11 is 1.73. The van der Waals surface area contributed by atoms with Gasteiger partial charge in [0.25, 0.3) is 0 Å². The molecule has 1 aliphatic heterocycles. The zero-order valence-electron chi connectivity index (χ0n) is 14.5. The molecule has 1 N–H and O–H groups in total. The van der Waals surface area contributed by atoms with Crippen LogP contribution in [0.4, 0.5) is 11.6 Å². The first-order chi connectivity index (χ1) is 12.8. The summed E-state index contributed by atoms with van der Waals surface area (Å²) < 4.78 is 0. The van der Waals surface area contributed by atoms with Crippen molar-refractivity contribution in [1.82, 2.24) is 29.8 Å². The molecule has 0 aromatic carbocycles. The fourth-order valence-corrected chi connectivity index (χ4v) is 4.01. The lowest BCUT2D eigenvalue weighted by molar-refractivity contribution is 0.167. The fourth-order valence-electron chi connectivity index (χ4n) is 3.37. The van der Waals surface area contributed by atoms with Crippen molar-refractivity contribution in [3.63, 3.8) is 0 Å². The lowest BCUT2D eigenvalue weighted by Crippen LogP contribution is -2.35. The SMILES string of the molecule is c1cnc(Nc2cc(C[C@@H]3CCCN(Cc4cncs4)C3)ncn2)cn1. The third-order valence-corrected chi connectivity index (χ3v) is 5.27. The summed E-state index contributed by atoms with van der Waals surface area (Å²) in [7, 11) is 0. The number of nitrogens with one attached hydrogen (secondary N) is 1. The summed E-state index contributed by atoms with van der Waals surface area (Å²) in [4.78, 5) is 25.1. The third-order valence-electron chi connectivity index (χ3n) is 4.51. The summed E-state index contributed by atoms with van der Waals surface area (Å²) in [6, 6.07) is 2.01. The average Bonchev–Trinajstić information content (AvgIpc) is 3.16. The molecule has 4 rings (SSSR count). The Morgan fingerprint density at radius 2 is 2.12 bits per heavy atom. The Morgan fingerprint density at radius 3 is 2.96 bits per heavy atom. The van der Waals surface area contributed by atoms with E-state index in [1.165, 1.54) is 17.7 Å². The minimum atomic E-state index is 0.621. The zero-order chi connectivity index (χ0) is 17.6. The van der Waals surface area contributed by atoms with Crippen molar-refractivity contribution in [2.75, 3.05) is 18.4 Å². The molecule has 26 heavy (non-hydrogen) atoms. The van der Waals surface area contributed by atoms with Crippen molar-refractivity contribution in [2.45, 2.75) is 25.8 Å². The van der Waals surface area contributed by atoms with Crippen LogP contribution in [-0.4, -0.2) is 42.9 Å². The van der Waals surface area contributed by atoms with Crippen molar-refractivity contribution >= 4 is 23.0 Å². The maximum absolute atomic E-state index is 4.46. The molecule has 1 atom stereocenters. The first-order valence-electron chi connectivity index (χ1n) is 8.79. The van der Waals surface area contributed by atoms with Crippen LogP contribution in [0.2, 0.25) is 0 Å². The lowest BCUT2D eigenvalue weighted by Gasteiger charge is -2.32. The normalized spacial score (nSPS) is 17.9. The summed E-state index contributed by atoms with van der Waals surface area (Å²) in [5, 5.41) is 3.18. The third kappa shape index (κ3) is 4.59. The van der Waals surface area contributed by atoms with E-state index in [4.69, 9.17) is 0 Å². The average molecular weight is 367 g/mol. The van der Waals surface area contributed by atoms with E-state index in [0.717, 1.165) is 37.6 Å². The van der Waals surface area contributed by atoms with Crippen molar-refractivity contribution in [3.05, 3.63) is 53.3 Å². The molecule has 0 amide bonds. The molecule has 8 heteroatoms. The lowest BCUT2D eigenvalue weighted by atomic mass is 9.93. The van der Waals surface area contributed by atoms with Gasteiger partial charge in [0.2, 0.25) is 0 Å². The highest BCUT2D eigenvalue weighted by molar-refractivity contribution is 7.09. The number of likely N-dealkylation sites (tertiary alicyclic amines) is 1. The number of piperidine rings is 1. The van der Waals surface area contributed by atoms with Gasteiger partial charge in [-0.1, -0.05) is 0 Å². The molecule has 1 fully saturated rings. The van der Waals surface area contributed by atoms with E-state index in [1.54, 1.807) is 36.3 Å². The van der Waals surface area contributed by atoms with Gasteiger partial charge >= 0.3 is 0 Å². The first kappa shape index (κ1) is 17.0. The number of thiazole rings is 1. The molecule has 0 spiro atoms. The summed E-state index contributed by atoms with van der Waals surface area (Å²) in [6.07, 6.45) is 12.0. The zero-order valence-corrected chi connectivity index (χ0v) is 15.3. The number of hydrogen-bond acceptors (Lipinski definition) is 8. The van der Waals surface area contributed by atoms with Crippen LogP contribution in [-0.2, 0) is 13.0 Å².